The first-order chi connectivity index (χ1) is 14.4. The number of halogens is 1. The second-order valence-corrected chi connectivity index (χ2v) is 7.56. The van der Waals surface area contributed by atoms with Gasteiger partial charge in [-0.05, 0) is 43.0 Å². The second-order valence-electron chi connectivity index (χ2n) is 7.56. The molecule has 0 saturated carbocycles. The number of ether oxygens (including phenoxy) is 2. The van der Waals surface area contributed by atoms with Crippen molar-refractivity contribution in [3.05, 3.63) is 59.4 Å². The van der Waals surface area contributed by atoms with Gasteiger partial charge in [0.15, 0.2) is 11.5 Å². The monoisotopic (exact) mass is 414 g/mol. The molecule has 0 aromatic heterocycles. The summed E-state index contributed by atoms with van der Waals surface area (Å²) < 4.78 is 23.9. The third-order valence-corrected chi connectivity index (χ3v) is 5.48. The lowest BCUT2D eigenvalue weighted by Crippen LogP contribution is -2.44. The maximum Gasteiger partial charge on any atom is 0.220 e. The number of hydrogen-bond acceptors (Lipinski definition) is 4. The Labute approximate surface area is 175 Å². The van der Waals surface area contributed by atoms with Crippen molar-refractivity contribution in [1.29, 1.82) is 0 Å². The number of hydrogen-bond donors (Lipinski definition) is 2. The minimum absolute atomic E-state index is 0.0152. The van der Waals surface area contributed by atoms with Gasteiger partial charge < -0.3 is 20.1 Å². The first-order valence-corrected chi connectivity index (χ1v) is 9.97. The van der Waals surface area contributed by atoms with Crippen molar-refractivity contribution in [3.63, 3.8) is 0 Å². The number of carbonyl (C=O) groups excluding carboxylic acids is 2. The van der Waals surface area contributed by atoms with Crippen LogP contribution in [0.25, 0.3) is 0 Å². The summed E-state index contributed by atoms with van der Waals surface area (Å²) >= 11 is 0. The Morgan fingerprint density at radius 3 is 2.57 bits per heavy atom. The maximum atomic E-state index is 13.2. The van der Waals surface area contributed by atoms with Gasteiger partial charge in [0.05, 0.1) is 14.2 Å². The average molecular weight is 414 g/mol. The largest absolute Gasteiger partial charge is 0.493 e. The Hall–Kier alpha value is -3.09. The molecule has 0 radical (unpaired) electrons. The van der Waals surface area contributed by atoms with E-state index >= 15 is 0 Å². The molecule has 0 bridgehead atoms. The lowest BCUT2D eigenvalue weighted by atomic mass is 9.85. The van der Waals surface area contributed by atoms with E-state index in [1.54, 1.807) is 32.4 Å². The molecule has 2 N–H and O–H groups in total. The Balaban J connectivity index is 1.60. The fourth-order valence-corrected chi connectivity index (χ4v) is 3.90. The van der Waals surface area contributed by atoms with Crippen LogP contribution in [-0.4, -0.2) is 31.6 Å². The zero-order chi connectivity index (χ0) is 21.6. The highest BCUT2D eigenvalue weighted by atomic mass is 19.1. The number of nitrogens with one attached hydrogen (secondary N) is 2. The Kier molecular flexibility index (Phi) is 6.92. The minimum Gasteiger partial charge on any atom is -0.493 e. The van der Waals surface area contributed by atoms with Crippen LogP contribution in [0.2, 0.25) is 0 Å². The first kappa shape index (κ1) is 21.6. The van der Waals surface area contributed by atoms with Gasteiger partial charge in [0.25, 0.3) is 0 Å². The van der Waals surface area contributed by atoms with E-state index in [1.807, 2.05) is 12.1 Å². The summed E-state index contributed by atoms with van der Waals surface area (Å²) in [6.07, 6.45) is 2.44. The van der Waals surface area contributed by atoms with E-state index in [0.29, 0.717) is 43.7 Å². The van der Waals surface area contributed by atoms with Gasteiger partial charge in [0.2, 0.25) is 11.8 Å². The molecule has 30 heavy (non-hydrogen) atoms. The van der Waals surface area contributed by atoms with Crippen molar-refractivity contribution in [2.45, 2.75) is 44.2 Å². The van der Waals surface area contributed by atoms with E-state index in [1.165, 1.54) is 12.1 Å². The molecule has 1 heterocycles. The summed E-state index contributed by atoms with van der Waals surface area (Å²) in [5.74, 6) is 0.779. The van der Waals surface area contributed by atoms with Crippen LogP contribution in [0.1, 0.15) is 36.8 Å². The smallest absolute Gasteiger partial charge is 0.220 e. The fourth-order valence-electron chi connectivity index (χ4n) is 3.90. The van der Waals surface area contributed by atoms with Crippen molar-refractivity contribution in [2.75, 3.05) is 14.2 Å². The maximum absolute atomic E-state index is 13.2. The van der Waals surface area contributed by atoms with Crippen LogP contribution in [0.5, 0.6) is 11.5 Å². The molecule has 1 fully saturated rings. The molecule has 0 spiro atoms. The normalized spacial score (nSPS) is 18.0. The second kappa shape index (κ2) is 9.61. The molecule has 1 atom stereocenters. The number of carbonyl (C=O) groups is 2. The summed E-state index contributed by atoms with van der Waals surface area (Å²) in [5, 5.41) is 5.96. The van der Waals surface area contributed by atoms with E-state index in [-0.39, 0.29) is 24.1 Å². The van der Waals surface area contributed by atoms with Crippen molar-refractivity contribution >= 4 is 11.8 Å². The van der Waals surface area contributed by atoms with Gasteiger partial charge in [0, 0.05) is 30.5 Å². The molecule has 160 valence electrons. The number of methoxy groups -OCH3 is 2. The molecule has 7 heteroatoms. The van der Waals surface area contributed by atoms with Crippen LogP contribution in [-0.2, 0) is 22.6 Å². The lowest BCUT2D eigenvalue weighted by molar-refractivity contribution is -0.122. The number of rotatable bonds is 9. The predicted octanol–water partition coefficient (Wildman–Crippen LogP) is 3.13. The highest BCUT2D eigenvalue weighted by Gasteiger charge is 2.37. The van der Waals surface area contributed by atoms with Gasteiger partial charge in [-0.1, -0.05) is 24.3 Å². The number of benzene rings is 2. The predicted molar refractivity (Wildman–Crippen MR) is 111 cm³/mol. The quantitative estimate of drug-likeness (QED) is 0.661. The zero-order valence-corrected chi connectivity index (χ0v) is 17.3. The van der Waals surface area contributed by atoms with E-state index in [9.17, 15) is 14.0 Å². The molecule has 2 aromatic carbocycles. The van der Waals surface area contributed by atoms with Crippen molar-refractivity contribution in [2.24, 2.45) is 0 Å². The molecular formula is C23H27FN2O4. The Morgan fingerprint density at radius 2 is 1.93 bits per heavy atom. The van der Waals surface area contributed by atoms with E-state index in [0.717, 1.165) is 11.1 Å². The zero-order valence-electron chi connectivity index (χ0n) is 17.3. The Morgan fingerprint density at radius 1 is 1.17 bits per heavy atom. The van der Waals surface area contributed by atoms with Crippen molar-refractivity contribution in [1.82, 2.24) is 10.6 Å². The summed E-state index contributed by atoms with van der Waals surface area (Å²) in [6.45, 7) is 0.316. The molecule has 1 aliphatic rings. The number of para-hydroxylation sites is 1. The molecule has 1 saturated heterocycles. The van der Waals surface area contributed by atoms with Crippen molar-refractivity contribution in [3.8, 4) is 11.5 Å². The molecule has 2 aromatic rings. The third-order valence-electron chi connectivity index (χ3n) is 5.48. The molecule has 1 aliphatic heterocycles. The van der Waals surface area contributed by atoms with Gasteiger partial charge in [-0.15, -0.1) is 0 Å². The minimum atomic E-state index is -0.486. The third kappa shape index (κ3) is 5.28. The molecule has 6 nitrogen and oxygen atoms in total. The average Bonchev–Trinajstić information content (AvgIpc) is 3.12. The molecular weight excluding hydrogens is 387 g/mol. The first-order valence-electron chi connectivity index (χ1n) is 9.97. The van der Waals surface area contributed by atoms with E-state index in [4.69, 9.17) is 9.47 Å². The Bertz CT molecular complexity index is 901. The van der Waals surface area contributed by atoms with Gasteiger partial charge in [0.1, 0.15) is 5.82 Å². The van der Waals surface area contributed by atoms with Gasteiger partial charge in [-0.25, -0.2) is 4.39 Å². The summed E-state index contributed by atoms with van der Waals surface area (Å²) in [6, 6.07) is 11.8. The van der Waals surface area contributed by atoms with E-state index < -0.39 is 5.54 Å². The molecule has 0 aliphatic carbocycles. The van der Waals surface area contributed by atoms with Crippen LogP contribution in [0, 0.1) is 5.82 Å². The topological polar surface area (TPSA) is 76.7 Å². The molecule has 1 unspecified atom stereocenters. The summed E-state index contributed by atoms with van der Waals surface area (Å²) in [5.41, 5.74) is 1.26. The lowest BCUT2D eigenvalue weighted by Gasteiger charge is -2.29. The van der Waals surface area contributed by atoms with Gasteiger partial charge in [-0.2, -0.15) is 0 Å². The van der Waals surface area contributed by atoms with Crippen LogP contribution < -0.4 is 20.1 Å². The standard InChI is InChI=1S/C23H27FN2O4/c1-29-19-5-3-4-17(22(19)30-2)15-25-20(27)10-12-23(13-11-21(28)26-23)14-16-6-8-18(24)9-7-16/h3-9H,10-15H2,1-2H3,(H,25,27)(H,26,28). The molecule has 2 amide bonds. The fraction of sp³-hybridized carbons (Fsp3) is 0.391. The van der Waals surface area contributed by atoms with Gasteiger partial charge >= 0.3 is 0 Å². The highest BCUT2D eigenvalue weighted by Crippen LogP contribution is 2.31. The van der Waals surface area contributed by atoms with Crippen LogP contribution in [0.15, 0.2) is 42.5 Å². The summed E-state index contributed by atoms with van der Waals surface area (Å²) in [4.78, 5) is 24.4. The SMILES string of the molecule is COc1cccc(CNC(=O)CCC2(Cc3ccc(F)cc3)CCC(=O)N2)c1OC. The highest BCUT2D eigenvalue weighted by molar-refractivity contribution is 5.80. The van der Waals surface area contributed by atoms with E-state index in [2.05, 4.69) is 10.6 Å². The van der Waals surface area contributed by atoms with Crippen LogP contribution in [0.4, 0.5) is 4.39 Å². The number of amides is 2. The van der Waals surface area contributed by atoms with Crippen LogP contribution >= 0.6 is 0 Å². The van der Waals surface area contributed by atoms with Gasteiger partial charge in [-0.3, -0.25) is 9.59 Å². The van der Waals surface area contributed by atoms with Crippen LogP contribution in [0.3, 0.4) is 0 Å². The van der Waals surface area contributed by atoms with Crippen molar-refractivity contribution < 1.29 is 23.5 Å². The summed E-state index contributed by atoms with van der Waals surface area (Å²) in [7, 11) is 3.13. The molecule has 3 rings (SSSR count).